The number of hydrogen-bond acceptors (Lipinski definition) is 3. The van der Waals surface area contributed by atoms with E-state index in [2.05, 4.69) is 4.57 Å². The average Bonchev–Trinajstić information content (AvgIpc) is 3.07. The van der Waals surface area contributed by atoms with Gasteiger partial charge >= 0.3 is 0 Å². The van der Waals surface area contributed by atoms with Crippen LogP contribution in [0.25, 0.3) is 10.9 Å². The second kappa shape index (κ2) is 5.26. The molecule has 0 bridgehead atoms. The Hall–Kier alpha value is -2.27. The molecule has 0 N–H and O–H groups in total. The summed E-state index contributed by atoms with van der Waals surface area (Å²) < 4.78 is 31.0. The Bertz CT molecular complexity index is 923. The van der Waals surface area contributed by atoms with Gasteiger partial charge in [0.15, 0.2) is 0 Å². The predicted molar refractivity (Wildman–Crippen MR) is 83.2 cm³/mol. The molecule has 0 saturated carbocycles. The van der Waals surface area contributed by atoms with Gasteiger partial charge in [0.05, 0.1) is 6.26 Å². The van der Waals surface area contributed by atoms with Crippen LogP contribution in [-0.4, -0.2) is 17.8 Å². The van der Waals surface area contributed by atoms with Crippen LogP contribution in [0.5, 0.6) is 0 Å². The summed E-state index contributed by atoms with van der Waals surface area (Å²) in [6, 6.07) is 11.2. The fourth-order valence-corrected chi connectivity index (χ4v) is 3.53. The van der Waals surface area contributed by atoms with Crippen LogP contribution in [0, 0.1) is 6.92 Å². The van der Waals surface area contributed by atoms with Crippen LogP contribution in [0.2, 0.25) is 0 Å². The first-order valence-corrected chi connectivity index (χ1v) is 7.81. The third-order valence-corrected chi connectivity index (χ3v) is 4.42. The number of furan rings is 1. The fraction of sp³-hybridized carbons (Fsp3) is 0.188. The minimum atomic E-state index is -2.38. The van der Waals surface area contributed by atoms with Gasteiger partial charge in [0.25, 0.3) is 0 Å². The van der Waals surface area contributed by atoms with Crippen LogP contribution in [0.4, 0.5) is 0 Å². The lowest BCUT2D eigenvalue weighted by Crippen LogP contribution is -2.06. The van der Waals surface area contributed by atoms with Crippen LogP contribution in [0.15, 0.2) is 47.1 Å². The van der Waals surface area contributed by atoms with E-state index in [1.54, 1.807) is 12.1 Å². The SMILES string of the molecule is CCn1c(C)c(C(c2ccco2)=S(=O)=O)c2ccccc21. The van der Waals surface area contributed by atoms with E-state index in [0.717, 1.165) is 28.7 Å². The molecule has 0 aliphatic rings. The number of fused-ring (bicyclic) bond motifs is 1. The van der Waals surface area contributed by atoms with Gasteiger partial charge in [-0.25, -0.2) is 0 Å². The summed E-state index contributed by atoms with van der Waals surface area (Å²) in [7, 11) is -2.38. The molecule has 21 heavy (non-hydrogen) atoms. The van der Waals surface area contributed by atoms with Gasteiger partial charge < -0.3 is 8.98 Å². The molecule has 0 spiro atoms. The zero-order chi connectivity index (χ0) is 15.0. The molecule has 3 rings (SSSR count). The fourth-order valence-electron chi connectivity index (χ4n) is 2.82. The molecule has 2 heterocycles. The second-order valence-electron chi connectivity index (χ2n) is 4.76. The summed E-state index contributed by atoms with van der Waals surface area (Å²) in [5, 5.41) is 0.924. The van der Waals surface area contributed by atoms with E-state index < -0.39 is 10.3 Å². The molecule has 0 amide bonds. The lowest BCUT2D eigenvalue weighted by molar-refractivity contribution is 0.559. The first-order valence-electron chi connectivity index (χ1n) is 6.73. The molecule has 0 unspecified atom stereocenters. The highest BCUT2D eigenvalue weighted by Crippen LogP contribution is 2.28. The molecule has 108 valence electrons. The van der Waals surface area contributed by atoms with E-state index in [-0.39, 0.29) is 4.86 Å². The van der Waals surface area contributed by atoms with E-state index >= 15 is 0 Å². The van der Waals surface area contributed by atoms with E-state index in [1.165, 1.54) is 6.26 Å². The van der Waals surface area contributed by atoms with Gasteiger partial charge in [-0.05, 0) is 32.0 Å². The van der Waals surface area contributed by atoms with Crippen molar-refractivity contribution in [2.45, 2.75) is 20.4 Å². The summed E-state index contributed by atoms with van der Waals surface area (Å²) in [5.74, 6) is 0.366. The van der Waals surface area contributed by atoms with Gasteiger partial charge in [0, 0.05) is 28.7 Å². The molecule has 0 aliphatic heterocycles. The molecular formula is C16H15NO3S. The van der Waals surface area contributed by atoms with Crippen molar-refractivity contribution < 1.29 is 12.8 Å². The van der Waals surface area contributed by atoms with E-state index in [9.17, 15) is 8.42 Å². The summed E-state index contributed by atoms with van der Waals surface area (Å²) >= 11 is 0. The highest BCUT2D eigenvalue weighted by molar-refractivity contribution is 7.74. The smallest absolute Gasteiger partial charge is 0.225 e. The Morgan fingerprint density at radius 3 is 2.57 bits per heavy atom. The Balaban J connectivity index is 2.45. The van der Waals surface area contributed by atoms with Gasteiger partial charge in [-0.1, -0.05) is 18.2 Å². The zero-order valence-corrected chi connectivity index (χ0v) is 12.6. The number of nitrogens with zero attached hydrogens (tertiary/aromatic N) is 1. The summed E-state index contributed by atoms with van der Waals surface area (Å²) in [4.78, 5) is 0.209. The minimum Gasteiger partial charge on any atom is -0.463 e. The van der Waals surface area contributed by atoms with Crippen LogP contribution >= 0.6 is 0 Å². The molecule has 3 aromatic rings. The third kappa shape index (κ3) is 2.10. The van der Waals surface area contributed by atoms with Crippen molar-refractivity contribution in [1.82, 2.24) is 4.57 Å². The largest absolute Gasteiger partial charge is 0.463 e. The summed E-state index contributed by atoms with van der Waals surface area (Å²) in [6.45, 7) is 4.77. The predicted octanol–water partition coefficient (Wildman–Crippen LogP) is 3.01. The lowest BCUT2D eigenvalue weighted by Gasteiger charge is -2.04. The lowest BCUT2D eigenvalue weighted by atomic mass is 10.1. The average molecular weight is 301 g/mol. The third-order valence-electron chi connectivity index (χ3n) is 3.69. The van der Waals surface area contributed by atoms with Gasteiger partial charge in [0.1, 0.15) is 10.6 Å². The molecular weight excluding hydrogens is 286 g/mol. The Morgan fingerprint density at radius 2 is 1.95 bits per heavy atom. The topological polar surface area (TPSA) is 52.2 Å². The minimum absolute atomic E-state index is 0.209. The monoisotopic (exact) mass is 301 g/mol. The number of aromatic nitrogens is 1. The highest BCUT2D eigenvalue weighted by atomic mass is 32.2. The summed E-state index contributed by atoms with van der Waals surface area (Å²) in [6.07, 6.45) is 1.48. The number of aryl methyl sites for hydroxylation is 1. The molecule has 0 atom stereocenters. The van der Waals surface area contributed by atoms with E-state index in [1.807, 2.05) is 38.1 Å². The normalized spacial score (nSPS) is 11.0. The van der Waals surface area contributed by atoms with Crippen molar-refractivity contribution in [3.63, 3.8) is 0 Å². The van der Waals surface area contributed by atoms with Crippen LogP contribution in [0.3, 0.4) is 0 Å². The molecule has 4 nitrogen and oxygen atoms in total. The zero-order valence-electron chi connectivity index (χ0n) is 11.8. The molecule has 1 aromatic carbocycles. The van der Waals surface area contributed by atoms with Crippen LogP contribution in [-0.2, 0) is 16.8 Å². The van der Waals surface area contributed by atoms with Crippen molar-refractivity contribution in [2.75, 3.05) is 0 Å². The van der Waals surface area contributed by atoms with Crippen LogP contribution in [0.1, 0.15) is 23.9 Å². The molecule has 0 fully saturated rings. The Morgan fingerprint density at radius 1 is 1.19 bits per heavy atom. The number of para-hydroxylation sites is 1. The van der Waals surface area contributed by atoms with Crippen molar-refractivity contribution in [3.05, 3.63) is 59.7 Å². The van der Waals surface area contributed by atoms with Gasteiger partial charge in [-0.3, -0.25) is 0 Å². The molecule has 0 saturated heterocycles. The maximum atomic E-state index is 11.8. The number of benzene rings is 1. The second-order valence-corrected chi connectivity index (χ2v) is 5.64. The maximum absolute atomic E-state index is 11.8. The number of hydrogen-bond donors (Lipinski definition) is 0. The Labute approximate surface area is 124 Å². The molecule has 2 aromatic heterocycles. The standard InChI is InChI=1S/C16H15NO3S/c1-3-17-11(2)15(12-7-4-5-8-13(12)17)16(21(18)19)14-9-6-10-20-14/h4-10H,3H2,1-2H3. The number of rotatable bonds is 3. The molecule has 0 aliphatic carbocycles. The van der Waals surface area contributed by atoms with Crippen molar-refractivity contribution in [1.29, 1.82) is 0 Å². The van der Waals surface area contributed by atoms with Crippen LogP contribution < -0.4 is 0 Å². The Kier molecular flexibility index (Phi) is 3.43. The summed E-state index contributed by atoms with van der Waals surface area (Å²) in [5.41, 5.74) is 2.67. The first-order chi connectivity index (χ1) is 10.1. The van der Waals surface area contributed by atoms with E-state index in [4.69, 9.17) is 4.42 Å². The quantitative estimate of drug-likeness (QED) is 0.552. The first kappa shape index (κ1) is 13.7. The van der Waals surface area contributed by atoms with Gasteiger partial charge in [0.2, 0.25) is 10.3 Å². The van der Waals surface area contributed by atoms with Gasteiger partial charge in [-0.2, -0.15) is 8.42 Å². The molecule has 5 heteroatoms. The van der Waals surface area contributed by atoms with Gasteiger partial charge in [-0.15, -0.1) is 0 Å². The van der Waals surface area contributed by atoms with Crippen molar-refractivity contribution in [3.8, 4) is 0 Å². The van der Waals surface area contributed by atoms with E-state index in [0.29, 0.717) is 5.76 Å². The maximum Gasteiger partial charge on any atom is 0.225 e. The van der Waals surface area contributed by atoms with Crippen molar-refractivity contribution in [2.24, 2.45) is 0 Å². The van der Waals surface area contributed by atoms with Crippen molar-refractivity contribution >= 4 is 26.1 Å². The molecule has 0 radical (unpaired) electrons. The highest BCUT2D eigenvalue weighted by Gasteiger charge is 2.21.